The largest absolute Gasteiger partial charge is 0.484 e. The van der Waals surface area contributed by atoms with Gasteiger partial charge in [0, 0.05) is 35.6 Å². The zero-order valence-corrected chi connectivity index (χ0v) is 16.7. The van der Waals surface area contributed by atoms with Gasteiger partial charge in [-0.1, -0.05) is 11.6 Å². The van der Waals surface area contributed by atoms with Gasteiger partial charge in [0.1, 0.15) is 11.6 Å². The van der Waals surface area contributed by atoms with E-state index in [9.17, 15) is 18.4 Å². The number of hydrogen-bond acceptors (Lipinski definition) is 4. The Morgan fingerprint density at radius 1 is 1.10 bits per heavy atom. The summed E-state index contributed by atoms with van der Waals surface area (Å²) in [6.07, 6.45) is 2.41. The Morgan fingerprint density at radius 3 is 2.30 bits per heavy atom. The zero-order chi connectivity index (χ0) is 21.7. The summed E-state index contributed by atoms with van der Waals surface area (Å²) < 4.78 is 31.9. The van der Waals surface area contributed by atoms with Crippen molar-refractivity contribution in [3.63, 3.8) is 0 Å². The third-order valence-corrected chi connectivity index (χ3v) is 4.60. The van der Waals surface area contributed by atoms with E-state index in [0.717, 1.165) is 6.20 Å². The van der Waals surface area contributed by atoms with Gasteiger partial charge in [0.15, 0.2) is 12.4 Å². The second-order valence-electron chi connectivity index (χ2n) is 6.43. The average Bonchev–Trinajstić information content (AvgIpc) is 3.21. The number of rotatable bonds is 8. The lowest BCUT2D eigenvalue weighted by Gasteiger charge is -2.18. The van der Waals surface area contributed by atoms with Crippen LogP contribution in [0.1, 0.15) is 28.3 Å². The molecule has 2 aromatic carbocycles. The van der Waals surface area contributed by atoms with Crippen molar-refractivity contribution in [2.75, 3.05) is 13.7 Å². The van der Waals surface area contributed by atoms with Crippen molar-refractivity contribution in [1.29, 1.82) is 0 Å². The summed E-state index contributed by atoms with van der Waals surface area (Å²) in [4.78, 5) is 29.8. The minimum absolute atomic E-state index is 0.0749. The maximum Gasteiger partial charge on any atom is 0.319 e. The Bertz CT molecular complexity index is 1020. The third-order valence-electron chi connectivity index (χ3n) is 4.35. The van der Waals surface area contributed by atoms with Crippen molar-refractivity contribution in [1.82, 2.24) is 14.5 Å². The van der Waals surface area contributed by atoms with Gasteiger partial charge in [0.2, 0.25) is 0 Å². The molecule has 3 aromatic rings. The van der Waals surface area contributed by atoms with Crippen LogP contribution in [0.4, 0.5) is 8.78 Å². The summed E-state index contributed by atoms with van der Waals surface area (Å²) in [6, 6.07) is 12.9. The van der Waals surface area contributed by atoms with E-state index >= 15 is 0 Å². The molecule has 9 heteroatoms. The zero-order valence-electron chi connectivity index (χ0n) is 16.0. The highest BCUT2D eigenvalue weighted by Crippen LogP contribution is 2.18. The van der Waals surface area contributed by atoms with E-state index in [-0.39, 0.29) is 24.8 Å². The number of amides is 1. The number of likely N-dealkylation sites (N-methyl/N-ethyl adjacent to an activating group) is 1. The molecule has 0 saturated carbocycles. The maximum atomic E-state index is 12.9. The van der Waals surface area contributed by atoms with Crippen LogP contribution < -0.4 is 4.74 Å². The molecule has 1 aromatic heterocycles. The summed E-state index contributed by atoms with van der Waals surface area (Å²) in [7, 11) is 1.48. The van der Waals surface area contributed by atoms with E-state index in [1.54, 1.807) is 48.5 Å². The molecule has 1 amide bonds. The summed E-state index contributed by atoms with van der Waals surface area (Å²) in [6.45, 7) is -3.08. The van der Waals surface area contributed by atoms with E-state index in [2.05, 4.69) is 4.98 Å². The molecule has 3 rings (SSSR count). The first-order chi connectivity index (χ1) is 14.3. The second-order valence-corrected chi connectivity index (χ2v) is 6.86. The summed E-state index contributed by atoms with van der Waals surface area (Å²) in [5.41, 5.74) is 0.971. The van der Waals surface area contributed by atoms with E-state index in [4.69, 9.17) is 16.3 Å². The minimum Gasteiger partial charge on any atom is -0.484 e. The number of carbonyl (C=O) groups is 2. The molecular formula is C21H18ClF2N3O3. The van der Waals surface area contributed by atoms with Gasteiger partial charge in [-0.3, -0.25) is 14.2 Å². The third kappa shape index (κ3) is 5.21. The van der Waals surface area contributed by atoms with Gasteiger partial charge >= 0.3 is 6.55 Å². The number of imidazole rings is 1. The molecule has 156 valence electrons. The lowest BCUT2D eigenvalue weighted by molar-refractivity contribution is -0.132. The number of ether oxygens (including phenoxy) is 1. The van der Waals surface area contributed by atoms with Crippen molar-refractivity contribution < 1.29 is 23.1 Å². The van der Waals surface area contributed by atoms with Crippen molar-refractivity contribution in [2.24, 2.45) is 0 Å². The monoisotopic (exact) mass is 433 g/mol. The quantitative estimate of drug-likeness (QED) is 0.499. The summed E-state index contributed by atoms with van der Waals surface area (Å²) in [5.74, 6) is -0.0897. The van der Waals surface area contributed by atoms with Crippen molar-refractivity contribution in [3.8, 4) is 5.75 Å². The number of aromatic nitrogens is 2. The molecule has 0 aliphatic heterocycles. The second kappa shape index (κ2) is 9.49. The minimum atomic E-state index is -2.73. The molecule has 0 N–H and O–H groups in total. The smallest absolute Gasteiger partial charge is 0.319 e. The molecule has 0 saturated heterocycles. The predicted octanol–water partition coefficient (Wildman–Crippen LogP) is 4.20. The SMILES string of the molecule is CN(Cc1nccn1C(F)F)C(=O)COc1ccc(C(=O)c2ccc(Cl)cc2)cc1. The highest BCUT2D eigenvalue weighted by atomic mass is 35.5. The Morgan fingerprint density at radius 2 is 1.70 bits per heavy atom. The van der Waals surface area contributed by atoms with Crippen LogP contribution in [-0.2, 0) is 11.3 Å². The first-order valence-electron chi connectivity index (χ1n) is 8.92. The van der Waals surface area contributed by atoms with Crippen LogP contribution in [0.25, 0.3) is 0 Å². The molecule has 30 heavy (non-hydrogen) atoms. The van der Waals surface area contributed by atoms with Crippen LogP contribution in [0.5, 0.6) is 5.75 Å². The van der Waals surface area contributed by atoms with Crippen LogP contribution in [0.15, 0.2) is 60.9 Å². The lowest BCUT2D eigenvalue weighted by Crippen LogP contribution is -2.32. The molecule has 0 bridgehead atoms. The highest BCUT2D eigenvalue weighted by molar-refractivity contribution is 6.30. The molecule has 0 aliphatic rings. The highest BCUT2D eigenvalue weighted by Gasteiger charge is 2.17. The standard InChI is InChI=1S/C21H18ClF2N3O3/c1-26(12-18-25-10-11-27(18)21(23)24)19(28)13-30-17-8-4-15(5-9-17)20(29)14-2-6-16(22)7-3-14/h2-11,21H,12-13H2,1H3. The fourth-order valence-electron chi connectivity index (χ4n) is 2.67. The molecular weight excluding hydrogens is 416 g/mol. The number of halogens is 3. The fraction of sp³-hybridized carbons (Fsp3) is 0.190. The van der Waals surface area contributed by atoms with Gasteiger partial charge in [0.05, 0.1) is 6.54 Å². The van der Waals surface area contributed by atoms with Gasteiger partial charge in [-0.2, -0.15) is 8.78 Å². The summed E-state index contributed by atoms with van der Waals surface area (Å²) >= 11 is 5.83. The van der Waals surface area contributed by atoms with E-state index < -0.39 is 12.5 Å². The number of carbonyl (C=O) groups excluding carboxylic acids is 2. The predicted molar refractivity (Wildman–Crippen MR) is 107 cm³/mol. The van der Waals surface area contributed by atoms with Gasteiger partial charge in [-0.05, 0) is 48.5 Å². The van der Waals surface area contributed by atoms with Gasteiger partial charge in [-0.15, -0.1) is 0 Å². The first kappa shape index (κ1) is 21.4. The number of alkyl halides is 2. The molecule has 0 unspecified atom stereocenters. The topological polar surface area (TPSA) is 64.4 Å². The van der Waals surface area contributed by atoms with Crippen LogP contribution in [0, 0.1) is 0 Å². The molecule has 0 aliphatic carbocycles. The Labute approximate surface area is 176 Å². The number of ketones is 1. The van der Waals surface area contributed by atoms with Gasteiger partial charge in [0.25, 0.3) is 5.91 Å². The molecule has 6 nitrogen and oxygen atoms in total. The van der Waals surface area contributed by atoms with Gasteiger partial charge < -0.3 is 9.64 Å². The lowest BCUT2D eigenvalue weighted by atomic mass is 10.0. The van der Waals surface area contributed by atoms with Crippen molar-refractivity contribution in [2.45, 2.75) is 13.1 Å². The Balaban J connectivity index is 1.55. The number of hydrogen-bond donors (Lipinski definition) is 0. The van der Waals surface area contributed by atoms with E-state index in [1.165, 1.54) is 18.1 Å². The van der Waals surface area contributed by atoms with Crippen LogP contribution in [0.2, 0.25) is 5.02 Å². The normalized spacial score (nSPS) is 10.8. The van der Waals surface area contributed by atoms with E-state index in [1.807, 2.05) is 0 Å². The molecule has 0 spiro atoms. The molecule has 0 atom stereocenters. The first-order valence-corrected chi connectivity index (χ1v) is 9.30. The van der Waals surface area contributed by atoms with Crippen molar-refractivity contribution in [3.05, 3.63) is 82.9 Å². The molecule has 0 radical (unpaired) electrons. The molecule has 1 heterocycles. The Hall–Kier alpha value is -3.26. The van der Waals surface area contributed by atoms with Crippen LogP contribution in [-0.4, -0.2) is 39.8 Å². The summed E-state index contributed by atoms with van der Waals surface area (Å²) in [5, 5.41) is 0.545. The number of nitrogens with zero attached hydrogens (tertiary/aromatic N) is 3. The molecule has 0 fully saturated rings. The van der Waals surface area contributed by atoms with Crippen LogP contribution in [0.3, 0.4) is 0 Å². The van der Waals surface area contributed by atoms with E-state index in [0.29, 0.717) is 26.5 Å². The maximum absolute atomic E-state index is 12.9. The van der Waals surface area contributed by atoms with Gasteiger partial charge in [-0.25, -0.2) is 4.98 Å². The van der Waals surface area contributed by atoms with Crippen molar-refractivity contribution >= 4 is 23.3 Å². The number of benzene rings is 2. The average molecular weight is 434 g/mol. The Kier molecular flexibility index (Phi) is 6.79. The fourth-order valence-corrected chi connectivity index (χ4v) is 2.80. The van der Waals surface area contributed by atoms with Crippen LogP contribution >= 0.6 is 11.6 Å².